The highest BCUT2D eigenvalue weighted by Crippen LogP contribution is 2.64. The van der Waals surface area contributed by atoms with Gasteiger partial charge in [-0.15, -0.1) is 0 Å². The van der Waals surface area contributed by atoms with Crippen LogP contribution in [0.25, 0.3) is 11.0 Å². The summed E-state index contributed by atoms with van der Waals surface area (Å²) in [7, 11) is 1.33. The van der Waals surface area contributed by atoms with Gasteiger partial charge in [-0.2, -0.15) is 0 Å². The maximum absolute atomic E-state index is 14.6. The molecule has 0 bridgehead atoms. The summed E-state index contributed by atoms with van der Waals surface area (Å²) in [5, 5.41) is 43.0. The summed E-state index contributed by atoms with van der Waals surface area (Å²) in [6.45, 7) is 12.6. The average Bonchev–Trinajstić information content (AvgIpc) is 2.93. The molecule has 8 unspecified atom stereocenters. The minimum atomic E-state index is -1.66. The highest BCUT2D eigenvalue weighted by molar-refractivity contribution is 6.14. The van der Waals surface area contributed by atoms with Crippen molar-refractivity contribution in [1.29, 1.82) is 0 Å². The summed E-state index contributed by atoms with van der Waals surface area (Å²) in [6, 6.07) is 3.42. The molecule has 1 aromatic heterocycles. The van der Waals surface area contributed by atoms with Gasteiger partial charge in [-0.3, -0.25) is 14.4 Å². The summed E-state index contributed by atoms with van der Waals surface area (Å²) in [5.74, 6) is -3.69. The third-order valence-corrected chi connectivity index (χ3v) is 11.8. The van der Waals surface area contributed by atoms with E-state index in [0.717, 1.165) is 11.6 Å². The predicted molar refractivity (Wildman–Crippen MR) is 166 cm³/mol. The second-order valence-corrected chi connectivity index (χ2v) is 14.6. The van der Waals surface area contributed by atoms with Crippen LogP contribution in [0.1, 0.15) is 65.6 Å². The summed E-state index contributed by atoms with van der Waals surface area (Å²) in [4.78, 5) is 42.1. The van der Waals surface area contributed by atoms with E-state index in [0.29, 0.717) is 31.3 Å². The van der Waals surface area contributed by atoms with E-state index in [1.807, 2.05) is 13.0 Å². The van der Waals surface area contributed by atoms with Gasteiger partial charge in [-0.25, -0.2) is 0 Å². The zero-order valence-electron chi connectivity index (χ0n) is 26.4. The lowest BCUT2D eigenvalue weighted by atomic mass is 9.44. The Morgan fingerprint density at radius 1 is 1.04 bits per heavy atom. The number of benzene rings is 1. The number of carbonyl (C=O) groups is 2. The van der Waals surface area contributed by atoms with Crippen molar-refractivity contribution in [3.05, 3.63) is 69.8 Å². The first-order chi connectivity index (χ1) is 21.1. The van der Waals surface area contributed by atoms with Crippen LogP contribution in [0.2, 0.25) is 0 Å². The van der Waals surface area contributed by atoms with Crippen LogP contribution in [0.15, 0.2) is 63.0 Å². The Hall–Kier alpha value is -3.69. The summed E-state index contributed by atoms with van der Waals surface area (Å²) >= 11 is 0. The van der Waals surface area contributed by atoms with Crippen LogP contribution >= 0.6 is 0 Å². The van der Waals surface area contributed by atoms with E-state index in [-0.39, 0.29) is 51.9 Å². The standard InChI is InChI=1S/C36H42O9/c1-17-7-8-21-33(43)28(44-6)14-30(42)36(21,31-13-26(41)32-25(40)9-19(37)10-27(32)45-31)22(17)11-23-18(2)24(39)12-29-34(3,4)15-20(38)16-35(23,29)5/h7,9-10,13-14,20-24,29,37-40H,2,8,11-12,15-16H2,1,3-6H3. The molecule has 6 rings (SSSR count). The fraction of sp³-hybridized carbons (Fsp3) is 0.528. The number of phenols is 2. The van der Waals surface area contributed by atoms with E-state index in [1.54, 1.807) is 0 Å². The molecule has 0 aliphatic heterocycles. The smallest absolute Gasteiger partial charge is 0.202 e. The monoisotopic (exact) mass is 618 g/mol. The molecule has 0 saturated heterocycles. The van der Waals surface area contributed by atoms with Crippen molar-refractivity contribution in [2.75, 3.05) is 7.11 Å². The molecule has 2 aromatic rings. The van der Waals surface area contributed by atoms with Crippen molar-refractivity contribution >= 4 is 22.5 Å². The van der Waals surface area contributed by atoms with Gasteiger partial charge in [0.1, 0.15) is 33.6 Å². The van der Waals surface area contributed by atoms with Gasteiger partial charge in [0.05, 0.1) is 19.3 Å². The van der Waals surface area contributed by atoms with E-state index < -0.39 is 57.6 Å². The topological polar surface area (TPSA) is 154 Å². The van der Waals surface area contributed by atoms with Gasteiger partial charge in [0, 0.05) is 36.1 Å². The van der Waals surface area contributed by atoms with Crippen molar-refractivity contribution in [3.63, 3.8) is 0 Å². The lowest BCUT2D eigenvalue weighted by molar-refractivity contribution is -0.141. The number of hydrogen-bond acceptors (Lipinski definition) is 9. The Morgan fingerprint density at radius 3 is 2.44 bits per heavy atom. The summed E-state index contributed by atoms with van der Waals surface area (Å²) in [5.41, 5.74) is -1.70. The molecule has 8 atom stereocenters. The number of aliphatic hydroxyl groups is 2. The number of rotatable bonds is 4. The molecule has 1 heterocycles. The van der Waals surface area contributed by atoms with Gasteiger partial charge < -0.3 is 29.6 Å². The van der Waals surface area contributed by atoms with E-state index in [1.165, 1.54) is 25.3 Å². The SMILES string of the molecule is C=C1C(O)CC2C(C)(C)CC(O)CC2(C)C1CC1C(C)=CCC2C(=O)C(OC)=CC(=O)C21c1cc(=O)c2c(O)cc(O)cc2o1. The number of aliphatic hydroxyl groups excluding tert-OH is 2. The minimum absolute atomic E-state index is 0.0371. The van der Waals surface area contributed by atoms with Crippen molar-refractivity contribution < 1.29 is 39.2 Å². The molecule has 9 nitrogen and oxygen atoms in total. The van der Waals surface area contributed by atoms with Gasteiger partial charge in [0.25, 0.3) is 0 Å². The fourth-order valence-electron chi connectivity index (χ4n) is 9.85. The van der Waals surface area contributed by atoms with Crippen molar-refractivity contribution in [1.82, 2.24) is 0 Å². The Morgan fingerprint density at radius 2 is 1.76 bits per heavy atom. The number of ether oxygens (including phenoxy) is 1. The molecule has 9 heteroatoms. The number of methoxy groups -OCH3 is 1. The normalized spacial score (nSPS) is 36.2. The third kappa shape index (κ3) is 4.45. The Kier molecular flexibility index (Phi) is 7.25. The first-order valence-corrected chi connectivity index (χ1v) is 15.6. The number of aromatic hydroxyl groups is 2. The number of carbonyl (C=O) groups excluding carboxylic acids is 2. The number of ketones is 2. The Labute approximate surface area is 261 Å². The van der Waals surface area contributed by atoms with Crippen molar-refractivity contribution in [2.45, 2.75) is 77.4 Å². The maximum atomic E-state index is 14.6. The van der Waals surface area contributed by atoms with Gasteiger partial charge in [-0.1, -0.05) is 39.0 Å². The predicted octanol–water partition coefficient (Wildman–Crippen LogP) is 4.84. The minimum Gasteiger partial charge on any atom is -0.508 e. The lowest BCUT2D eigenvalue weighted by Crippen LogP contribution is -2.59. The molecular weight excluding hydrogens is 576 g/mol. The van der Waals surface area contributed by atoms with Gasteiger partial charge >= 0.3 is 0 Å². The molecule has 45 heavy (non-hydrogen) atoms. The van der Waals surface area contributed by atoms with Crippen LogP contribution < -0.4 is 5.43 Å². The van der Waals surface area contributed by atoms with E-state index in [2.05, 4.69) is 27.4 Å². The second kappa shape index (κ2) is 10.4. The first kappa shape index (κ1) is 31.3. The van der Waals surface area contributed by atoms with Crippen molar-refractivity contribution in [2.24, 2.45) is 34.5 Å². The molecule has 2 saturated carbocycles. The number of allylic oxidation sites excluding steroid dienone is 4. The summed E-state index contributed by atoms with van der Waals surface area (Å²) in [6.07, 6.45) is 3.89. The molecule has 0 radical (unpaired) electrons. The fourth-order valence-corrected chi connectivity index (χ4v) is 9.85. The Bertz CT molecular complexity index is 1740. The average molecular weight is 619 g/mol. The first-order valence-electron chi connectivity index (χ1n) is 15.6. The van der Waals surface area contributed by atoms with Crippen LogP contribution in [-0.4, -0.2) is 51.3 Å². The van der Waals surface area contributed by atoms with Gasteiger partial charge in [0.2, 0.25) is 5.78 Å². The second-order valence-electron chi connectivity index (χ2n) is 14.6. The molecule has 1 aromatic carbocycles. The number of phenolic OH excluding ortho intramolecular Hbond substituents is 2. The lowest BCUT2D eigenvalue weighted by Gasteiger charge is -2.61. The van der Waals surface area contributed by atoms with Crippen molar-refractivity contribution in [3.8, 4) is 11.5 Å². The zero-order chi connectivity index (χ0) is 32.8. The largest absolute Gasteiger partial charge is 0.508 e. The van der Waals surface area contributed by atoms with E-state index in [4.69, 9.17) is 9.15 Å². The highest BCUT2D eigenvalue weighted by atomic mass is 16.5. The molecule has 4 N–H and O–H groups in total. The molecule has 4 aliphatic carbocycles. The zero-order valence-corrected chi connectivity index (χ0v) is 26.4. The van der Waals surface area contributed by atoms with E-state index in [9.17, 15) is 34.8 Å². The molecule has 0 amide bonds. The van der Waals surface area contributed by atoms with Crippen LogP contribution in [0.5, 0.6) is 11.5 Å². The molecule has 0 spiro atoms. The number of hydrogen-bond donors (Lipinski definition) is 4. The van der Waals surface area contributed by atoms with Gasteiger partial charge in [0.15, 0.2) is 17.0 Å². The molecule has 4 aliphatic rings. The van der Waals surface area contributed by atoms with Crippen LogP contribution in [-0.2, 0) is 19.7 Å². The Balaban J connectivity index is 1.60. The molecular formula is C36H42O9. The quantitative estimate of drug-likeness (QED) is 0.353. The molecule has 240 valence electrons. The van der Waals surface area contributed by atoms with Gasteiger partial charge in [-0.05, 0) is 67.3 Å². The third-order valence-electron chi connectivity index (χ3n) is 11.8. The molecule has 2 fully saturated rings. The summed E-state index contributed by atoms with van der Waals surface area (Å²) < 4.78 is 11.6. The highest BCUT2D eigenvalue weighted by Gasteiger charge is 2.64. The van der Waals surface area contributed by atoms with Crippen LogP contribution in [0.4, 0.5) is 0 Å². The number of Topliss-reactive ketones (excluding diaryl/α,β-unsaturated/α-hetero) is 1. The maximum Gasteiger partial charge on any atom is 0.202 e. The number of fused-ring (bicyclic) bond motifs is 3. The van der Waals surface area contributed by atoms with Crippen LogP contribution in [0.3, 0.4) is 0 Å². The van der Waals surface area contributed by atoms with E-state index >= 15 is 0 Å². The van der Waals surface area contributed by atoms with Crippen LogP contribution in [0, 0.1) is 34.5 Å².